The van der Waals surface area contributed by atoms with E-state index < -0.39 is 0 Å². The van der Waals surface area contributed by atoms with E-state index in [0.717, 1.165) is 48.9 Å². The predicted molar refractivity (Wildman–Crippen MR) is 101 cm³/mol. The average Bonchev–Trinajstić information content (AvgIpc) is 2.67. The van der Waals surface area contributed by atoms with Gasteiger partial charge in [0.15, 0.2) is 11.5 Å². The van der Waals surface area contributed by atoms with Gasteiger partial charge in [-0.25, -0.2) is 0 Å². The fraction of sp³-hybridized carbons (Fsp3) is 0.333. The molecule has 0 fully saturated rings. The number of rotatable bonds is 6. The van der Waals surface area contributed by atoms with E-state index in [1.165, 1.54) is 11.1 Å². The van der Waals surface area contributed by atoms with Gasteiger partial charge in [0.2, 0.25) is 0 Å². The molecule has 0 spiro atoms. The molecule has 0 radical (unpaired) electrons. The summed E-state index contributed by atoms with van der Waals surface area (Å²) in [4.78, 5) is 2.43. The molecule has 3 rings (SSSR count). The van der Waals surface area contributed by atoms with Crippen molar-refractivity contribution in [2.24, 2.45) is 0 Å². The highest BCUT2D eigenvalue weighted by molar-refractivity contribution is 5.57. The van der Waals surface area contributed by atoms with Crippen molar-refractivity contribution in [2.75, 3.05) is 34.4 Å². The molecular weight excluding hydrogens is 314 g/mol. The summed E-state index contributed by atoms with van der Waals surface area (Å²) in [5.41, 5.74) is 3.77. The molecule has 0 bridgehead atoms. The zero-order chi connectivity index (χ0) is 17.6. The Morgan fingerprint density at radius 3 is 2.32 bits per heavy atom. The number of ether oxygens (including phenoxy) is 3. The molecule has 1 aliphatic heterocycles. The number of methoxy groups -OCH3 is 3. The summed E-state index contributed by atoms with van der Waals surface area (Å²) in [6.07, 6.45) is 5.35. The average molecular weight is 339 g/mol. The summed E-state index contributed by atoms with van der Waals surface area (Å²) in [7, 11) is 5.07. The van der Waals surface area contributed by atoms with Gasteiger partial charge in [0.25, 0.3) is 0 Å². The molecule has 25 heavy (non-hydrogen) atoms. The molecule has 0 N–H and O–H groups in total. The highest BCUT2D eigenvalue weighted by Crippen LogP contribution is 2.33. The van der Waals surface area contributed by atoms with Gasteiger partial charge in [0.1, 0.15) is 5.75 Å². The van der Waals surface area contributed by atoms with Crippen LogP contribution < -0.4 is 14.2 Å². The molecule has 1 heterocycles. The minimum Gasteiger partial charge on any atom is -0.496 e. The van der Waals surface area contributed by atoms with Crippen molar-refractivity contribution in [1.82, 2.24) is 4.90 Å². The van der Waals surface area contributed by atoms with E-state index in [0.29, 0.717) is 0 Å². The van der Waals surface area contributed by atoms with Gasteiger partial charge in [-0.05, 0) is 35.7 Å². The molecule has 0 saturated carbocycles. The second-order valence-electron chi connectivity index (χ2n) is 6.11. The number of hydrogen-bond donors (Lipinski definition) is 0. The number of para-hydroxylation sites is 1. The minimum absolute atomic E-state index is 0.799. The SMILES string of the molecule is COc1ccccc1/C=C/CN1CCc2cc(OC)c(OC)cc2C1. The Morgan fingerprint density at radius 1 is 0.920 bits per heavy atom. The topological polar surface area (TPSA) is 30.9 Å². The molecule has 0 amide bonds. The van der Waals surface area contributed by atoms with Crippen LogP contribution in [0.15, 0.2) is 42.5 Å². The molecule has 0 saturated heterocycles. The Morgan fingerprint density at radius 2 is 1.60 bits per heavy atom. The molecule has 2 aromatic carbocycles. The molecule has 0 aliphatic carbocycles. The van der Waals surface area contributed by atoms with Gasteiger partial charge in [-0.2, -0.15) is 0 Å². The molecule has 0 aromatic heterocycles. The quantitative estimate of drug-likeness (QED) is 0.801. The van der Waals surface area contributed by atoms with Crippen LogP contribution in [-0.2, 0) is 13.0 Å². The minimum atomic E-state index is 0.799. The van der Waals surface area contributed by atoms with E-state index in [2.05, 4.69) is 35.3 Å². The maximum atomic E-state index is 5.43. The van der Waals surface area contributed by atoms with Crippen LogP contribution in [-0.4, -0.2) is 39.3 Å². The summed E-state index contributed by atoms with van der Waals surface area (Å²) >= 11 is 0. The van der Waals surface area contributed by atoms with Crippen LogP contribution in [0, 0.1) is 0 Å². The van der Waals surface area contributed by atoms with E-state index >= 15 is 0 Å². The van der Waals surface area contributed by atoms with Gasteiger partial charge in [-0.3, -0.25) is 4.90 Å². The first-order chi connectivity index (χ1) is 12.2. The summed E-state index contributed by atoms with van der Waals surface area (Å²) in [5, 5.41) is 0. The molecule has 4 heteroatoms. The van der Waals surface area contributed by atoms with Crippen LogP contribution in [0.5, 0.6) is 17.2 Å². The van der Waals surface area contributed by atoms with Crippen molar-refractivity contribution >= 4 is 6.08 Å². The molecule has 4 nitrogen and oxygen atoms in total. The lowest BCUT2D eigenvalue weighted by Gasteiger charge is -2.28. The normalized spacial score (nSPS) is 14.4. The largest absolute Gasteiger partial charge is 0.496 e. The highest BCUT2D eigenvalue weighted by atomic mass is 16.5. The maximum absolute atomic E-state index is 5.43. The van der Waals surface area contributed by atoms with E-state index in [-0.39, 0.29) is 0 Å². The first-order valence-corrected chi connectivity index (χ1v) is 8.51. The van der Waals surface area contributed by atoms with E-state index in [1.54, 1.807) is 21.3 Å². The lowest BCUT2D eigenvalue weighted by Crippen LogP contribution is -2.30. The summed E-state index contributed by atoms with van der Waals surface area (Å²) in [6, 6.07) is 12.3. The van der Waals surface area contributed by atoms with E-state index in [9.17, 15) is 0 Å². The van der Waals surface area contributed by atoms with Crippen LogP contribution in [0.3, 0.4) is 0 Å². The van der Waals surface area contributed by atoms with Crippen molar-refractivity contribution in [1.29, 1.82) is 0 Å². The highest BCUT2D eigenvalue weighted by Gasteiger charge is 2.18. The molecule has 0 atom stereocenters. The first-order valence-electron chi connectivity index (χ1n) is 8.51. The van der Waals surface area contributed by atoms with Crippen molar-refractivity contribution in [3.05, 3.63) is 59.2 Å². The standard InChI is InChI=1S/C21H25NO3/c1-23-19-9-5-4-7-16(19)8-6-11-22-12-10-17-13-20(24-2)21(25-3)14-18(17)15-22/h4-9,13-14H,10-12,15H2,1-3H3/b8-6+. The van der Waals surface area contributed by atoms with Crippen molar-refractivity contribution in [3.63, 3.8) is 0 Å². The smallest absolute Gasteiger partial charge is 0.161 e. The molecule has 0 unspecified atom stereocenters. The van der Waals surface area contributed by atoms with Gasteiger partial charge in [-0.1, -0.05) is 30.4 Å². The van der Waals surface area contributed by atoms with Crippen molar-refractivity contribution in [3.8, 4) is 17.2 Å². The van der Waals surface area contributed by atoms with Crippen LogP contribution >= 0.6 is 0 Å². The second kappa shape index (κ2) is 8.08. The van der Waals surface area contributed by atoms with Gasteiger partial charge in [0, 0.05) is 25.2 Å². The molecule has 132 valence electrons. The Labute approximate surface area is 149 Å². The number of hydrogen-bond acceptors (Lipinski definition) is 4. The molecule has 1 aliphatic rings. The van der Waals surface area contributed by atoms with Crippen LogP contribution in [0.1, 0.15) is 16.7 Å². The second-order valence-corrected chi connectivity index (χ2v) is 6.11. The lowest BCUT2D eigenvalue weighted by atomic mass is 9.99. The van der Waals surface area contributed by atoms with Gasteiger partial charge >= 0.3 is 0 Å². The van der Waals surface area contributed by atoms with Crippen LogP contribution in [0.4, 0.5) is 0 Å². The number of fused-ring (bicyclic) bond motifs is 1. The zero-order valence-corrected chi connectivity index (χ0v) is 15.1. The molecular formula is C21H25NO3. The van der Waals surface area contributed by atoms with E-state index in [4.69, 9.17) is 14.2 Å². The van der Waals surface area contributed by atoms with Crippen molar-refractivity contribution in [2.45, 2.75) is 13.0 Å². The first kappa shape index (κ1) is 17.4. The number of benzene rings is 2. The number of nitrogens with zero attached hydrogens (tertiary/aromatic N) is 1. The fourth-order valence-electron chi connectivity index (χ4n) is 3.23. The van der Waals surface area contributed by atoms with Crippen LogP contribution in [0.2, 0.25) is 0 Å². The van der Waals surface area contributed by atoms with Crippen molar-refractivity contribution < 1.29 is 14.2 Å². The van der Waals surface area contributed by atoms with Crippen LogP contribution in [0.25, 0.3) is 6.08 Å². The monoisotopic (exact) mass is 339 g/mol. The lowest BCUT2D eigenvalue weighted by molar-refractivity contribution is 0.279. The van der Waals surface area contributed by atoms with Gasteiger partial charge in [-0.15, -0.1) is 0 Å². The Kier molecular flexibility index (Phi) is 5.61. The Balaban J connectivity index is 1.68. The molecule has 2 aromatic rings. The summed E-state index contributed by atoms with van der Waals surface area (Å²) in [6.45, 7) is 2.87. The Bertz CT molecular complexity index is 755. The third-order valence-corrected chi connectivity index (χ3v) is 4.60. The third kappa shape index (κ3) is 3.97. The zero-order valence-electron chi connectivity index (χ0n) is 15.1. The third-order valence-electron chi connectivity index (χ3n) is 4.60. The summed E-state index contributed by atoms with van der Waals surface area (Å²) < 4.78 is 16.2. The van der Waals surface area contributed by atoms with Gasteiger partial charge < -0.3 is 14.2 Å². The fourth-order valence-corrected chi connectivity index (χ4v) is 3.23. The maximum Gasteiger partial charge on any atom is 0.161 e. The van der Waals surface area contributed by atoms with E-state index in [1.807, 2.05) is 18.2 Å². The van der Waals surface area contributed by atoms with Gasteiger partial charge in [0.05, 0.1) is 21.3 Å². The summed E-state index contributed by atoms with van der Waals surface area (Å²) in [5.74, 6) is 2.51. The Hall–Kier alpha value is -2.46. The predicted octanol–water partition coefficient (Wildman–Crippen LogP) is 3.78.